The Balaban J connectivity index is 1.31. The summed E-state index contributed by atoms with van der Waals surface area (Å²) in [7, 11) is 1.60. The first-order valence-corrected chi connectivity index (χ1v) is 10.3. The fourth-order valence-corrected chi connectivity index (χ4v) is 3.21. The Morgan fingerprint density at radius 1 is 0.938 bits per heavy atom. The molecule has 1 heterocycles. The summed E-state index contributed by atoms with van der Waals surface area (Å²) < 4.78 is 16.8. The van der Waals surface area contributed by atoms with E-state index in [0.717, 1.165) is 16.7 Å². The quantitative estimate of drug-likeness (QED) is 0.415. The smallest absolute Gasteiger partial charge is 0.226 e. The molecule has 0 fully saturated rings. The van der Waals surface area contributed by atoms with Gasteiger partial charge < -0.3 is 19.2 Å². The lowest BCUT2D eigenvalue weighted by Gasteiger charge is -2.13. The molecule has 0 aliphatic heterocycles. The molecule has 0 unspecified atom stereocenters. The predicted molar refractivity (Wildman–Crippen MR) is 121 cm³/mol. The van der Waals surface area contributed by atoms with Crippen LogP contribution in [0.25, 0.3) is 11.5 Å². The van der Waals surface area contributed by atoms with Gasteiger partial charge in [-0.3, -0.25) is 4.79 Å². The highest BCUT2D eigenvalue weighted by atomic mass is 16.5. The number of hydrogen-bond acceptors (Lipinski definition) is 5. The fraction of sp³-hybridized carbons (Fsp3) is 0.154. The van der Waals surface area contributed by atoms with Crippen LogP contribution in [-0.4, -0.2) is 18.0 Å². The molecular formula is C26H24N2O4. The Morgan fingerprint density at radius 3 is 2.44 bits per heavy atom. The van der Waals surface area contributed by atoms with Crippen LogP contribution in [0.1, 0.15) is 16.8 Å². The number of rotatable bonds is 9. The number of amides is 1. The van der Waals surface area contributed by atoms with Crippen molar-refractivity contribution in [2.45, 2.75) is 19.6 Å². The molecule has 32 heavy (non-hydrogen) atoms. The maximum absolute atomic E-state index is 12.4. The minimum atomic E-state index is -0.138. The molecule has 4 aromatic rings. The molecule has 6 nitrogen and oxygen atoms in total. The average Bonchev–Trinajstić information content (AvgIpc) is 3.31. The number of benzene rings is 3. The zero-order valence-electron chi connectivity index (χ0n) is 17.8. The third kappa shape index (κ3) is 5.55. The van der Waals surface area contributed by atoms with Gasteiger partial charge in [-0.15, -0.1) is 0 Å². The minimum absolute atomic E-state index is 0.138. The molecule has 6 heteroatoms. The third-order valence-electron chi connectivity index (χ3n) is 4.87. The SMILES string of the molecule is COc1cc(CNC(=O)Cc2coc(-c3ccccc3)n2)ccc1OCc1ccccc1. The van der Waals surface area contributed by atoms with E-state index in [1.165, 1.54) is 6.26 Å². The largest absolute Gasteiger partial charge is 0.493 e. The number of hydrogen-bond donors (Lipinski definition) is 1. The number of aromatic nitrogens is 1. The maximum atomic E-state index is 12.4. The summed E-state index contributed by atoms with van der Waals surface area (Å²) in [4.78, 5) is 16.8. The molecule has 0 spiro atoms. The zero-order chi connectivity index (χ0) is 22.2. The van der Waals surface area contributed by atoms with E-state index in [0.29, 0.717) is 36.2 Å². The van der Waals surface area contributed by atoms with Gasteiger partial charge >= 0.3 is 0 Å². The van der Waals surface area contributed by atoms with Crippen molar-refractivity contribution in [2.75, 3.05) is 7.11 Å². The van der Waals surface area contributed by atoms with Gasteiger partial charge in [-0.2, -0.15) is 0 Å². The minimum Gasteiger partial charge on any atom is -0.493 e. The van der Waals surface area contributed by atoms with Crippen molar-refractivity contribution in [1.82, 2.24) is 10.3 Å². The number of oxazole rings is 1. The summed E-state index contributed by atoms with van der Waals surface area (Å²) in [6, 6.07) is 25.2. The molecule has 0 radical (unpaired) electrons. The molecule has 0 aliphatic rings. The molecule has 0 bridgehead atoms. The second-order valence-corrected chi connectivity index (χ2v) is 7.22. The highest BCUT2D eigenvalue weighted by Gasteiger charge is 2.11. The summed E-state index contributed by atoms with van der Waals surface area (Å²) in [5, 5.41) is 2.91. The van der Waals surface area contributed by atoms with Crippen molar-refractivity contribution >= 4 is 5.91 Å². The number of nitrogens with one attached hydrogen (secondary N) is 1. The van der Waals surface area contributed by atoms with Crippen molar-refractivity contribution in [3.8, 4) is 23.0 Å². The standard InChI is InChI=1S/C26H24N2O4/c1-30-24-14-20(12-13-23(24)31-17-19-8-4-2-5-9-19)16-27-25(29)15-22-18-32-26(28-22)21-10-6-3-7-11-21/h2-14,18H,15-17H2,1H3,(H,27,29). The Labute approximate surface area is 186 Å². The highest BCUT2D eigenvalue weighted by molar-refractivity contribution is 5.78. The number of methoxy groups -OCH3 is 1. The molecule has 1 amide bonds. The Bertz CT molecular complexity index is 1160. The predicted octanol–water partition coefficient (Wildman–Crippen LogP) is 4.79. The fourth-order valence-electron chi connectivity index (χ4n) is 3.21. The molecule has 1 N–H and O–H groups in total. The van der Waals surface area contributed by atoms with Crippen LogP contribution in [-0.2, 0) is 24.4 Å². The van der Waals surface area contributed by atoms with Crippen LogP contribution >= 0.6 is 0 Å². The van der Waals surface area contributed by atoms with Crippen LogP contribution < -0.4 is 14.8 Å². The zero-order valence-corrected chi connectivity index (χ0v) is 17.8. The van der Waals surface area contributed by atoms with Gasteiger partial charge in [0.05, 0.1) is 19.2 Å². The van der Waals surface area contributed by atoms with Crippen molar-refractivity contribution in [3.63, 3.8) is 0 Å². The van der Waals surface area contributed by atoms with Crippen molar-refractivity contribution in [2.24, 2.45) is 0 Å². The second kappa shape index (κ2) is 10.3. The molecule has 162 valence electrons. The van der Waals surface area contributed by atoms with Crippen LogP contribution in [0.3, 0.4) is 0 Å². The van der Waals surface area contributed by atoms with Crippen molar-refractivity contribution < 1.29 is 18.7 Å². The van der Waals surface area contributed by atoms with E-state index in [-0.39, 0.29) is 12.3 Å². The normalized spacial score (nSPS) is 10.5. The summed E-state index contributed by atoms with van der Waals surface area (Å²) in [5.74, 6) is 1.64. The van der Waals surface area contributed by atoms with Gasteiger partial charge in [-0.1, -0.05) is 54.6 Å². The van der Waals surface area contributed by atoms with Gasteiger partial charge in [0.2, 0.25) is 11.8 Å². The van der Waals surface area contributed by atoms with E-state index < -0.39 is 0 Å². The van der Waals surface area contributed by atoms with Crippen molar-refractivity contribution in [1.29, 1.82) is 0 Å². The number of ether oxygens (including phenoxy) is 2. The molecule has 3 aromatic carbocycles. The number of nitrogens with zero attached hydrogens (tertiary/aromatic N) is 1. The van der Waals surface area contributed by atoms with E-state index in [4.69, 9.17) is 13.9 Å². The molecule has 4 rings (SSSR count). The first-order chi connectivity index (χ1) is 15.7. The van der Waals surface area contributed by atoms with Crippen LogP contribution in [0.15, 0.2) is 89.5 Å². The highest BCUT2D eigenvalue weighted by Crippen LogP contribution is 2.29. The Morgan fingerprint density at radius 2 is 1.69 bits per heavy atom. The maximum Gasteiger partial charge on any atom is 0.226 e. The van der Waals surface area contributed by atoms with Crippen LogP contribution in [0.4, 0.5) is 0 Å². The lowest BCUT2D eigenvalue weighted by molar-refractivity contribution is -0.120. The Kier molecular flexibility index (Phi) is 6.82. The summed E-state index contributed by atoms with van der Waals surface area (Å²) in [5.41, 5.74) is 3.45. The van der Waals surface area contributed by atoms with E-state index in [1.807, 2.05) is 78.9 Å². The van der Waals surface area contributed by atoms with Crippen molar-refractivity contribution in [3.05, 3.63) is 102 Å². The van der Waals surface area contributed by atoms with Crippen LogP contribution in [0.5, 0.6) is 11.5 Å². The van der Waals surface area contributed by atoms with E-state index in [1.54, 1.807) is 7.11 Å². The van der Waals surface area contributed by atoms with Gasteiger partial charge in [0.15, 0.2) is 11.5 Å². The monoisotopic (exact) mass is 428 g/mol. The van der Waals surface area contributed by atoms with Gasteiger partial charge in [-0.05, 0) is 35.4 Å². The van der Waals surface area contributed by atoms with Gasteiger partial charge in [0.1, 0.15) is 12.9 Å². The topological polar surface area (TPSA) is 73.6 Å². The number of carbonyl (C=O) groups is 1. The van der Waals surface area contributed by atoms with E-state index in [9.17, 15) is 4.79 Å². The van der Waals surface area contributed by atoms with Crippen LogP contribution in [0, 0.1) is 0 Å². The van der Waals surface area contributed by atoms with Gasteiger partial charge in [0.25, 0.3) is 0 Å². The molecule has 0 saturated heterocycles. The molecular weight excluding hydrogens is 404 g/mol. The molecule has 0 aliphatic carbocycles. The summed E-state index contributed by atoms with van der Waals surface area (Å²) in [6.07, 6.45) is 1.66. The Hall–Kier alpha value is -4.06. The molecule has 0 atom stereocenters. The lowest BCUT2D eigenvalue weighted by Crippen LogP contribution is -2.24. The van der Waals surface area contributed by atoms with E-state index in [2.05, 4.69) is 10.3 Å². The second-order valence-electron chi connectivity index (χ2n) is 7.22. The van der Waals surface area contributed by atoms with Gasteiger partial charge in [-0.25, -0.2) is 4.98 Å². The summed E-state index contributed by atoms with van der Waals surface area (Å²) >= 11 is 0. The van der Waals surface area contributed by atoms with Crippen LogP contribution in [0.2, 0.25) is 0 Å². The average molecular weight is 428 g/mol. The summed E-state index contributed by atoms with van der Waals surface area (Å²) in [6.45, 7) is 0.827. The third-order valence-corrected chi connectivity index (χ3v) is 4.87. The first-order valence-electron chi connectivity index (χ1n) is 10.3. The molecule has 1 aromatic heterocycles. The molecule has 0 saturated carbocycles. The number of carbonyl (C=O) groups excluding carboxylic acids is 1. The van der Waals surface area contributed by atoms with E-state index >= 15 is 0 Å². The lowest BCUT2D eigenvalue weighted by atomic mass is 10.2. The van der Waals surface area contributed by atoms with Gasteiger partial charge in [0, 0.05) is 12.1 Å². The first kappa shape index (κ1) is 21.2.